The summed E-state index contributed by atoms with van der Waals surface area (Å²) in [6.07, 6.45) is 3.79. The molecule has 0 aromatic rings. The van der Waals surface area contributed by atoms with Gasteiger partial charge in [-0.3, -0.25) is 14.5 Å². The minimum Gasteiger partial charge on any atom is -0.281 e. The molecule has 5 nitrogen and oxygen atoms in total. The lowest BCUT2D eigenvalue weighted by Gasteiger charge is -2.20. The standard InChI is InChI=1S/C12H19NO4S/c1-2-18(16,17)8-7-13-10(14)9-12(11(13)15)5-3-4-6-12/h2-9H2,1H3. The zero-order chi connectivity index (χ0) is 13.4. The van der Waals surface area contributed by atoms with Crippen molar-refractivity contribution >= 4 is 21.7 Å². The first kappa shape index (κ1) is 13.5. The summed E-state index contributed by atoms with van der Waals surface area (Å²) in [5, 5.41) is 0. The summed E-state index contributed by atoms with van der Waals surface area (Å²) in [4.78, 5) is 25.3. The number of likely N-dealkylation sites (tertiary alicyclic amines) is 1. The van der Waals surface area contributed by atoms with Crippen molar-refractivity contribution in [3.63, 3.8) is 0 Å². The Kier molecular flexibility index (Phi) is 3.49. The van der Waals surface area contributed by atoms with E-state index in [1.807, 2.05) is 0 Å². The molecule has 2 rings (SSSR count). The molecule has 1 heterocycles. The Morgan fingerprint density at radius 1 is 1.22 bits per heavy atom. The highest BCUT2D eigenvalue weighted by atomic mass is 32.2. The molecule has 102 valence electrons. The number of hydrogen-bond donors (Lipinski definition) is 0. The molecular weight excluding hydrogens is 254 g/mol. The predicted octanol–water partition coefficient (Wildman–Crippen LogP) is 0.740. The number of carbonyl (C=O) groups excluding carboxylic acids is 2. The highest BCUT2D eigenvalue weighted by Gasteiger charge is 2.52. The first-order chi connectivity index (χ1) is 8.40. The van der Waals surface area contributed by atoms with Gasteiger partial charge in [-0.25, -0.2) is 8.42 Å². The van der Waals surface area contributed by atoms with Crippen LogP contribution < -0.4 is 0 Å². The molecule has 0 unspecified atom stereocenters. The highest BCUT2D eigenvalue weighted by molar-refractivity contribution is 7.91. The third-order valence-corrected chi connectivity index (χ3v) is 5.80. The maximum absolute atomic E-state index is 12.3. The van der Waals surface area contributed by atoms with Gasteiger partial charge in [0.1, 0.15) is 0 Å². The molecule has 2 fully saturated rings. The Morgan fingerprint density at radius 2 is 1.83 bits per heavy atom. The third kappa shape index (κ3) is 2.30. The van der Waals surface area contributed by atoms with Crippen molar-refractivity contribution in [3.05, 3.63) is 0 Å². The van der Waals surface area contributed by atoms with E-state index < -0.39 is 15.3 Å². The summed E-state index contributed by atoms with van der Waals surface area (Å²) >= 11 is 0. The number of nitrogens with zero attached hydrogens (tertiary/aromatic N) is 1. The Hall–Kier alpha value is -0.910. The average Bonchev–Trinajstić information content (AvgIpc) is 2.86. The molecule has 0 aromatic carbocycles. The van der Waals surface area contributed by atoms with Gasteiger partial charge in [-0.2, -0.15) is 0 Å². The minimum absolute atomic E-state index is 0.0234. The SMILES string of the molecule is CCS(=O)(=O)CCN1C(=O)CC2(CCCC2)C1=O. The molecule has 2 amide bonds. The molecule has 1 saturated carbocycles. The molecule has 1 aliphatic carbocycles. The van der Waals surface area contributed by atoms with E-state index in [0.29, 0.717) is 0 Å². The van der Waals surface area contributed by atoms with Gasteiger partial charge in [0.05, 0.1) is 11.2 Å². The van der Waals surface area contributed by atoms with Crippen LogP contribution in [0, 0.1) is 5.41 Å². The van der Waals surface area contributed by atoms with Crippen molar-refractivity contribution in [2.24, 2.45) is 5.41 Å². The number of amides is 2. The molecule has 0 radical (unpaired) electrons. The maximum Gasteiger partial charge on any atom is 0.235 e. The topological polar surface area (TPSA) is 71.5 Å². The van der Waals surface area contributed by atoms with Crippen LogP contribution in [-0.4, -0.2) is 43.2 Å². The van der Waals surface area contributed by atoms with Gasteiger partial charge in [0, 0.05) is 18.7 Å². The molecule has 0 aromatic heterocycles. The lowest BCUT2D eigenvalue weighted by Crippen LogP contribution is -2.37. The molecule has 2 aliphatic rings. The van der Waals surface area contributed by atoms with E-state index >= 15 is 0 Å². The number of rotatable bonds is 4. The van der Waals surface area contributed by atoms with E-state index in [4.69, 9.17) is 0 Å². The van der Waals surface area contributed by atoms with Crippen LogP contribution in [-0.2, 0) is 19.4 Å². The van der Waals surface area contributed by atoms with Gasteiger partial charge in [-0.15, -0.1) is 0 Å². The van der Waals surface area contributed by atoms with Crippen LogP contribution in [0.15, 0.2) is 0 Å². The molecule has 0 bridgehead atoms. The average molecular weight is 273 g/mol. The molecule has 1 aliphatic heterocycles. The van der Waals surface area contributed by atoms with E-state index in [9.17, 15) is 18.0 Å². The second kappa shape index (κ2) is 4.64. The van der Waals surface area contributed by atoms with Gasteiger partial charge in [0.15, 0.2) is 9.84 Å². The Bertz CT molecular complexity index is 462. The molecule has 1 saturated heterocycles. The molecular formula is C12H19NO4S. The van der Waals surface area contributed by atoms with Gasteiger partial charge >= 0.3 is 0 Å². The lowest BCUT2D eigenvalue weighted by molar-refractivity contribution is -0.141. The van der Waals surface area contributed by atoms with E-state index in [0.717, 1.165) is 25.7 Å². The molecule has 1 spiro atoms. The van der Waals surface area contributed by atoms with Gasteiger partial charge in [-0.1, -0.05) is 19.8 Å². The number of imide groups is 1. The van der Waals surface area contributed by atoms with Crippen LogP contribution in [0.5, 0.6) is 0 Å². The first-order valence-corrected chi connectivity index (χ1v) is 8.28. The fourth-order valence-corrected chi connectivity index (χ4v) is 3.65. The lowest BCUT2D eigenvalue weighted by atomic mass is 9.84. The van der Waals surface area contributed by atoms with Crippen LogP contribution >= 0.6 is 0 Å². The normalized spacial score (nSPS) is 23.3. The third-order valence-electron chi connectivity index (χ3n) is 4.12. The zero-order valence-electron chi connectivity index (χ0n) is 10.6. The largest absolute Gasteiger partial charge is 0.281 e. The van der Waals surface area contributed by atoms with E-state index in [1.54, 1.807) is 6.92 Å². The van der Waals surface area contributed by atoms with Crippen LogP contribution in [0.1, 0.15) is 39.0 Å². The van der Waals surface area contributed by atoms with Crippen LogP contribution in [0.3, 0.4) is 0 Å². The van der Waals surface area contributed by atoms with E-state index in [-0.39, 0.29) is 36.3 Å². The second-order valence-corrected chi connectivity index (χ2v) is 7.72. The summed E-state index contributed by atoms with van der Waals surface area (Å²) in [7, 11) is -3.14. The fourth-order valence-electron chi connectivity index (χ4n) is 2.90. The summed E-state index contributed by atoms with van der Waals surface area (Å²) in [5.74, 6) is -0.407. The number of carbonyl (C=O) groups is 2. The van der Waals surface area contributed by atoms with E-state index in [1.165, 1.54) is 4.90 Å². The van der Waals surface area contributed by atoms with Crippen molar-refractivity contribution < 1.29 is 18.0 Å². The maximum atomic E-state index is 12.3. The van der Waals surface area contributed by atoms with Crippen molar-refractivity contribution in [3.8, 4) is 0 Å². The molecule has 0 atom stereocenters. The Morgan fingerprint density at radius 3 is 2.39 bits per heavy atom. The second-order valence-electron chi connectivity index (χ2n) is 5.25. The van der Waals surface area contributed by atoms with E-state index in [2.05, 4.69) is 0 Å². The zero-order valence-corrected chi connectivity index (χ0v) is 11.5. The Balaban J connectivity index is 2.06. The molecule has 18 heavy (non-hydrogen) atoms. The van der Waals surface area contributed by atoms with Gasteiger partial charge in [0.25, 0.3) is 0 Å². The minimum atomic E-state index is -3.14. The first-order valence-electron chi connectivity index (χ1n) is 6.45. The predicted molar refractivity (Wildman–Crippen MR) is 66.6 cm³/mol. The summed E-state index contributed by atoms with van der Waals surface area (Å²) in [5.41, 5.74) is -0.493. The van der Waals surface area contributed by atoms with Gasteiger partial charge < -0.3 is 0 Å². The number of hydrogen-bond acceptors (Lipinski definition) is 4. The quantitative estimate of drug-likeness (QED) is 0.708. The molecule has 0 N–H and O–H groups in total. The Labute approximate surface area is 107 Å². The number of sulfone groups is 1. The van der Waals surface area contributed by atoms with Crippen molar-refractivity contribution in [1.29, 1.82) is 0 Å². The monoisotopic (exact) mass is 273 g/mol. The highest BCUT2D eigenvalue weighted by Crippen LogP contribution is 2.46. The van der Waals surface area contributed by atoms with Crippen molar-refractivity contribution in [1.82, 2.24) is 4.90 Å². The van der Waals surface area contributed by atoms with Crippen molar-refractivity contribution in [2.45, 2.75) is 39.0 Å². The van der Waals surface area contributed by atoms with Crippen molar-refractivity contribution in [2.75, 3.05) is 18.1 Å². The summed E-state index contributed by atoms with van der Waals surface area (Å²) in [6, 6.07) is 0. The van der Waals surface area contributed by atoms with Crippen LogP contribution in [0.25, 0.3) is 0 Å². The van der Waals surface area contributed by atoms with Crippen LogP contribution in [0.4, 0.5) is 0 Å². The smallest absolute Gasteiger partial charge is 0.235 e. The molecule has 6 heteroatoms. The summed E-state index contributed by atoms with van der Waals surface area (Å²) < 4.78 is 22.9. The van der Waals surface area contributed by atoms with Gasteiger partial charge in [0.2, 0.25) is 11.8 Å². The van der Waals surface area contributed by atoms with Gasteiger partial charge in [-0.05, 0) is 12.8 Å². The van der Waals surface area contributed by atoms with Crippen LogP contribution in [0.2, 0.25) is 0 Å². The summed E-state index contributed by atoms with van der Waals surface area (Å²) in [6.45, 7) is 1.59. The fraction of sp³-hybridized carbons (Fsp3) is 0.833.